The van der Waals surface area contributed by atoms with Gasteiger partial charge in [0.05, 0.1) is 18.7 Å². The van der Waals surface area contributed by atoms with Crippen LogP contribution in [0.25, 0.3) is 11.0 Å². The first kappa shape index (κ1) is 15.5. The number of methoxy groups -OCH3 is 1. The highest BCUT2D eigenvalue weighted by Gasteiger charge is 2.11. The fourth-order valence-corrected chi connectivity index (χ4v) is 2.34. The highest BCUT2D eigenvalue weighted by Crippen LogP contribution is 2.24. The van der Waals surface area contributed by atoms with Gasteiger partial charge in [0.25, 0.3) is 0 Å². The number of fused-ring (bicyclic) bond motifs is 1. The van der Waals surface area contributed by atoms with Crippen LogP contribution in [0, 0.1) is 4.77 Å². The van der Waals surface area contributed by atoms with Gasteiger partial charge in [-0.1, -0.05) is 6.07 Å². The summed E-state index contributed by atoms with van der Waals surface area (Å²) in [6.45, 7) is 3.63. The van der Waals surface area contributed by atoms with Crippen molar-refractivity contribution in [1.82, 2.24) is 14.9 Å². The Balaban J connectivity index is 2.24. The zero-order chi connectivity index (χ0) is 15.2. The molecule has 0 radical (unpaired) electrons. The molecule has 114 valence electrons. The van der Waals surface area contributed by atoms with Crippen LogP contribution in [0.3, 0.4) is 0 Å². The van der Waals surface area contributed by atoms with Crippen LogP contribution in [-0.2, 0) is 16.1 Å². The molecular weight excluding hydrogens is 290 g/mol. The van der Waals surface area contributed by atoms with E-state index in [0.717, 1.165) is 16.8 Å². The molecule has 0 saturated carbocycles. The van der Waals surface area contributed by atoms with Gasteiger partial charge in [-0.2, -0.15) is 0 Å². The summed E-state index contributed by atoms with van der Waals surface area (Å²) in [5, 5.41) is 2.78. The molecule has 1 aromatic carbocycles. The predicted octanol–water partition coefficient (Wildman–Crippen LogP) is 1.86. The summed E-state index contributed by atoms with van der Waals surface area (Å²) in [6.07, 6.45) is 0. The largest absolute Gasteiger partial charge is 0.492 e. The molecule has 2 rings (SSSR count). The number of rotatable bonds is 7. The van der Waals surface area contributed by atoms with E-state index in [1.807, 2.05) is 25.1 Å². The third kappa shape index (κ3) is 3.62. The average molecular weight is 309 g/mol. The number of hydrogen-bond acceptors (Lipinski definition) is 4. The van der Waals surface area contributed by atoms with E-state index in [1.165, 1.54) is 0 Å². The number of carbonyl (C=O) groups excluding carboxylic acids is 1. The van der Waals surface area contributed by atoms with Gasteiger partial charge in [-0.05, 0) is 31.3 Å². The minimum absolute atomic E-state index is 0.106. The molecular formula is C14H19N3O3S. The molecule has 2 aromatic rings. The molecule has 0 saturated heterocycles. The Hall–Kier alpha value is -1.86. The maximum Gasteiger partial charge on any atom is 0.240 e. The van der Waals surface area contributed by atoms with Gasteiger partial charge in [0, 0.05) is 13.7 Å². The van der Waals surface area contributed by atoms with Crippen LogP contribution in [0.4, 0.5) is 0 Å². The molecule has 0 spiro atoms. The number of aromatic amines is 1. The predicted molar refractivity (Wildman–Crippen MR) is 83.2 cm³/mol. The van der Waals surface area contributed by atoms with E-state index in [-0.39, 0.29) is 12.5 Å². The zero-order valence-electron chi connectivity index (χ0n) is 12.1. The summed E-state index contributed by atoms with van der Waals surface area (Å²) in [4.78, 5) is 15.0. The van der Waals surface area contributed by atoms with Crippen molar-refractivity contribution in [2.75, 3.05) is 26.9 Å². The van der Waals surface area contributed by atoms with Gasteiger partial charge in [0.15, 0.2) is 4.77 Å². The van der Waals surface area contributed by atoms with E-state index in [9.17, 15) is 4.79 Å². The molecule has 1 amide bonds. The highest BCUT2D eigenvalue weighted by atomic mass is 32.1. The van der Waals surface area contributed by atoms with E-state index in [1.54, 1.807) is 11.7 Å². The standard InChI is InChI=1S/C14H19N3O3S/c1-3-20-11-6-4-5-10-13(11)16-14(21)17(10)9-12(18)15-7-8-19-2/h4-6H,3,7-9H2,1-2H3,(H,15,18)(H,16,21). The number of ether oxygens (including phenoxy) is 2. The number of hydrogen-bond donors (Lipinski definition) is 2. The lowest BCUT2D eigenvalue weighted by molar-refractivity contribution is -0.121. The first-order valence-electron chi connectivity index (χ1n) is 6.77. The van der Waals surface area contributed by atoms with Crippen LogP contribution in [0.5, 0.6) is 5.75 Å². The second-order valence-electron chi connectivity index (χ2n) is 4.44. The van der Waals surface area contributed by atoms with Crippen molar-refractivity contribution in [3.05, 3.63) is 23.0 Å². The van der Waals surface area contributed by atoms with E-state index < -0.39 is 0 Å². The smallest absolute Gasteiger partial charge is 0.240 e. The van der Waals surface area contributed by atoms with Crippen molar-refractivity contribution in [3.8, 4) is 5.75 Å². The van der Waals surface area contributed by atoms with E-state index in [0.29, 0.717) is 24.5 Å². The van der Waals surface area contributed by atoms with Gasteiger partial charge in [-0.3, -0.25) is 4.79 Å². The third-order valence-corrected chi connectivity index (χ3v) is 3.32. The Kier molecular flexibility index (Phi) is 5.35. The molecule has 2 N–H and O–H groups in total. The van der Waals surface area contributed by atoms with Crippen LogP contribution in [0.2, 0.25) is 0 Å². The molecule has 0 atom stereocenters. The minimum atomic E-state index is -0.106. The van der Waals surface area contributed by atoms with Crippen LogP contribution in [0.1, 0.15) is 6.92 Å². The van der Waals surface area contributed by atoms with Crippen LogP contribution in [0.15, 0.2) is 18.2 Å². The molecule has 0 unspecified atom stereocenters. The normalized spacial score (nSPS) is 10.8. The van der Waals surface area contributed by atoms with Gasteiger partial charge in [-0.25, -0.2) is 0 Å². The summed E-state index contributed by atoms with van der Waals surface area (Å²) >= 11 is 5.30. The van der Waals surface area contributed by atoms with E-state index >= 15 is 0 Å². The topological polar surface area (TPSA) is 68.3 Å². The second kappa shape index (κ2) is 7.24. The number of para-hydroxylation sites is 1. The summed E-state index contributed by atoms with van der Waals surface area (Å²) in [7, 11) is 1.59. The lowest BCUT2D eigenvalue weighted by atomic mass is 10.3. The summed E-state index contributed by atoms with van der Waals surface area (Å²) in [5.74, 6) is 0.630. The number of nitrogens with zero attached hydrogens (tertiary/aromatic N) is 1. The summed E-state index contributed by atoms with van der Waals surface area (Å²) in [6, 6.07) is 5.67. The van der Waals surface area contributed by atoms with Crippen molar-refractivity contribution in [3.63, 3.8) is 0 Å². The zero-order valence-corrected chi connectivity index (χ0v) is 13.0. The molecule has 7 heteroatoms. The summed E-state index contributed by atoms with van der Waals surface area (Å²) < 4.78 is 12.7. The fraction of sp³-hybridized carbons (Fsp3) is 0.429. The maximum atomic E-state index is 11.9. The monoisotopic (exact) mass is 309 g/mol. The number of H-pyrrole nitrogens is 1. The first-order valence-corrected chi connectivity index (χ1v) is 7.18. The molecule has 0 bridgehead atoms. The molecule has 0 aliphatic heterocycles. The van der Waals surface area contributed by atoms with Gasteiger partial charge < -0.3 is 24.3 Å². The van der Waals surface area contributed by atoms with Crippen LogP contribution in [-0.4, -0.2) is 42.3 Å². The van der Waals surface area contributed by atoms with E-state index in [2.05, 4.69) is 10.3 Å². The molecule has 0 fully saturated rings. The quantitative estimate of drug-likeness (QED) is 0.605. The molecule has 0 aliphatic carbocycles. The molecule has 21 heavy (non-hydrogen) atoms. The minimum Gasteiger partial charge on any atom is -0.492 e. The number of amides is 1. The Morgan fingerprint density at radius 3 is 3.00 bits per heavy atom. The molecule has 1 aromatic heterocycles. The number of carbonyl (C=O) groups is 1. The van der Waals surface area contributed by atoms with Crippen molar-refractivity contribution < 1.29 is 14.3 Å². The second-order valence-corrected chi connectivity index (χ2v) is 4.83. The van der Waals surface area contributed by atoms with Crippen molar-refractivity contribution in [1.29, 1.82) is 0 Å². The lowest BCUT2D eigenvalue weighted by Crippen LogP contribution is -2.30. The summed E-state index contributed by atoms with van der Waals surface area (Å²) in [5.41, 5.74) is 1.67. The first-order chi connectivity index (χ1) is 10.2. The third-order valence-electron chi connectivity index (χ3n) is 3.00. The fourth-order valence-electron chi connectivity index (χ4n) is 2.08. The Bertz CT molecular complexity index is 678. The van der Waals surface area contributed by atoms with Crippen molar-refractivity contribution in [2.45, 2.75) is 13.5 Å². The molecule has 0 aliphatic rings. The van der Waals surface area contributed by atoms with Gasteiger partial charge in [-0.15, -0.1) is 0 Å². The molecule has 1 heterocycles. The highest BCUT2D eigenvalue weighted by molar-refractivity contribution is 7.71. The maximum absolute atomic E-state index is 11.9. The number of aromatic nitrogens is 2. The van der Waals surface area contributed by atoms with Gasteiger partial charge >= 0.3 is 0 Å². The number of imidazole rings is 1. The number of nitrogens with one attached hydrogen (secondary N) is 2. The number of benzene rings is 1. The van der Waals surface area contributed by atoms with E-state index in [4.69, 9.17) is 21.7 Å². The van der Waals surface area contributed by atoms with Crippen LogP contribution < -0.4 is 10.1 Å². The Morgan fingerprint density at radius 2 is 2.29 bits per heavy atom. The van der Waals surface area contributed by atoms with Gasteiger partial charge in [0.1, 0.15) is 17.8 Å². The molecule has 6 nitrogen and oxygen atoms in total. The van der Waals surface area contributed by atoms with Crippen molar-refractivity contribution in [2.24, 2.45) is 0 Å². The Morgan fingerprint density at radius 1 is 1.48 bits per heavy atom. The lowest BCUT2D eigenvalue weighted by Gasteiger charge is -2.07. The average Bonchev–Trinajstić information content (AvgIpc) is 2.77. The van der Waals surface area contributed by atoms with Crippen molar-refractivity contribution >= 4 is 29.2 Å². The SMILES string of the molecule is CCOc1cccc2c1[nH]c(=S)n2CC(=O)NCCOC. The van der Waals surface area contributed by atoms with Crippen LogP contribution >= 0.6 is 12.2 Å². The Labute approximate surface area is 128 Å². The van der Waals surface area contributed by atoms with Gasteiger partial charge in [0.2, 0.25) is 5.91 Å².